The predicted molar refractivity (Wildman–Crippen MR) is 103 cm³/mol. The molecule has 0 aliphatic heterocycles. The highest BCUT2D eigenvalue weighted by atomic mass is 16.3. The van der Waals surface area contributed by atoms with Crippen LogP contribution in [0.15, 0.2) is 36.8 Å². The van der Waals surface area contributed by atoms with Crippen LogP contribution in [0, 0.1) is 13.8 Å². The van der Waals surface area contributed by atoms with Gasteiger partial charge in [0, 0.05) is 42.1 Å². The normalized spacial score (nSPS) is 11.4. The lowest BCUT2D eigenvalue weighted by Gasteiger charge is -2.05. The number of hydrogen-bond donors (Lipinski definition) is 3. The molecule has 0 radical (unpaired) electrons. The molecule has 3 N–H and O–H groups in total. The second-order valence-electron chi connectivity index (χ2n) is 6.70. The van der Waals surface area contributed by atoms with Crippen molar-refractivity contribution in [2.75, 3.05) is 6.61 Å². The molecule has 3 heterocycles. The summed E-state index contributed by atoms with van der Waals surface area (Å²) in [7, 11) is 0. The number of aliphatic hydroxyl groups is 1. The van der Waals surface area contributed by atoms with Gasteiger partial charge in [0.2, 0.25) is 0 Å². The van der Waals surface area contributed by atoms with E-state index in [1.165, 1.54) is 17.1 Å². The number of rotatable bonds is 5. The Balaban J connectivity index is 1.52. The van der Waals surface area contributed by atoms with Crippen molar-refractivity contribution in [3.63, 3.8) is 0 Å². The van der Waals surface area contributed by atoms with Gasteiger partial charge in [-0.1, -0.05) is 6.07 Å². The van der Waals surface area contributed by atoms with Crippen LogP contribution in [0.1, 0.15) is 32.7 Å². The Bertz CT molecular complexity index is 1140. The zero-order chi connectivity index (χ0) is 19.0. The molecule has 0 aliphatic carbocycles. The van der Waals surface area contributed by atoms with Crippen molar-refractivity contribution in [2.24, 2.45) is 0 Å². The molecule has 0 aliphatic rings. The Hall–Kier alpha value is -3.19. The molecule has 27 heavy (non-hydrogen) atoms. The van der Waals surface area contributed by atoms with E-state index in [0.717, 1.165) is 22.3 Å². The topological polar surface area (TPSA) is 95.3 Å². The van der Waals surface area contributed by atoms with Crippen molar-refractivity contribution in [1.82, 2.24) is 24.9 Å². The van der Waals surface area contributed by atoms with Gasteiger partial charge in [0.1, 0.15) is 5.56 Å². The largest absolute Gasteiger partial charge is 0.396 e. The number of benzene rings is 1. The first-order valence-electron chi connectivity index (χ1n) is 8.86. The Morgan fingerprint density at radius 3 is 2.93 bits per heavy atom. The van der Waals surface area contributed by atoms with Crippen molar-refractivity contribution in [1.29, 1.82) is 0 Å². The monoisotopic (exact) mass is 363 g/mol. The van der Waals surface area contributed by atoms with Crippen LogP contribution in [0.4, 0.5) is 0 Å². The maximum absolute atomic E-state index is 12.6. The molecule has 138 valence electrons. The maximum atomic E-state index is 12.6. The second kappa shape index (κ2) is 6.85. The van der Waals surface area contributed by atoms with E-state index in [1.54, 1.807) is 16.9 Å². The zero-order valence-electron chi connectivity index (χ0n) is 15.3. The fraction of sp³-hybridized carbons (Fsp3) is 0.250. The van der Waals surface area contributed by atoms with Gasteiger partial charge in [0.25, 0.3) is 5.91 Å². The number of carbonyl (C=O) groups is 1. The van der Waals surface area contributed by atoms with Gasteiger partial charge >= 0.3 is 0 Å². The van der Waals surface area contributed by atoms with Crippen LogP contribution in [0.25, 0.3) is 16.6 Å². The van der Waals surface area contributed by atoms with Crippen molar-refractivity contribution in [3.05, 3.63) is 64.7 Å². The summed E-state index contributed by atoms with van der Waals surface area (Å²) in [6, 6.07) is 6.15. The molecule has 0 spiro atoms. The minimum atomic E-state index is -0.213. The molecule has 0 bridgehead atoms. The average molecular weight is 363 g/mol. The SMILES string of the molecule is Cc1[nH]c2ccc(CNC(=O)c3cnn4cc(CCO)cnc34)cc2c1C. The minimum absolute atomic E-state index is 0.0479. The van der Waals surface area contributed by atoms with E-state index < -0.39 is 0 Å². The predicted octanol–water partition coefficient (Wildman–Crippen LogP) is 2.29. The van der Waals surface area contributed by atoms with Crippen molar-refractivity contribution < 1.29 is 9.90 Å². The molecule has 1 aromatic carbocycles. The summed E-state index contributed by atoms with van der Waals surface area (Å²) in [4.78, 5) is 20.3. The lowest BCUT2D eigenvalue weighted by Crippen LogP contribution is -2.22. The van der Waals surface area contributed by atoms with Crippen LogP contribution in [0.5, 0.6) is 0 Å². The van der Waals surface area contributed by atoms with Crippen LogP contribution in [0.3, 0.4) is 0 Å². The Morgan fingerprint density at radius 1 is 1.26 bits per heavy atom. The van der Waals surface area contributed by atoms with E-state index in [0.29, 0.717) is 24.2 Å². The Morgan fingerprint density at radius 2 is 2.11 bits per heavy atom. The molecule has 0 unspecified atom stereocenters. The van der Waals surface area contributed by atoms with E-state index in [4.69, 9.17) is 5.11 Å². The van der Waals surface area contributed by atoms with Crippen LogP contribution in [-0.4, -0.2) is 37.2 Å². The number of carbonyl (C=O) groups excluding carboxylic acids is 1. The highest BCUT2D eigenvalue weighted by molar-refractivity contribution is 5.99. The van der Waals surface area contributed by atoms with Crippen molar-refractivity contribution in [3.8, 4) is 0 Å². The van der Waals surface area contributed by atoms with E-state index in [9.17, 15) is 4.79 Å². The Labute approximate surface area is 156 Å². The number of aliphatic hydroxyl groups excluding tert-OH is 1. The maximum Gasteiger partial charge on any atom is 0.257 e. The Kier molecular flexibility index (Phi) is 4.37. The van der Waals surface area contributed by atoms with Crippen LogP contribution >= 0.6 is 0 Å². The van der Waals surface area contributed by atoms with Gasteiger partial charge < -0.3 is 15.4 Å². The summed E-state index contributed by atoms with van der Waals surface area (Å²) in [5, 5.41) is 17.3. The average Bonchev–Trinajstić information content (AvgIpc) is 3.21. The first-order valence-corrected chi connectivity index (χ1v) is 8.86. The second-order valence-corrected chi connectivity index (χ2v) is 6.70. The quantitative estimate of drug-likeness (QED) is 0.507. The molecule has 0 saturated heterocycles. The van der Waals surface area contributed by atoms with Crippen molar-refractivity contribution >= 4 is 22.5 Å². The summed E-state index contributed by atoms with van der Waals surface area (Å²) < 4.78 is 1.57. The number of hydrogen-bond acceptors (Lipinski definition) is 4. The molecule has 0 atom stereocenters. The summed E-state index contributed by atoms with van der Waals surface area (Å²) in [5.41, 5.74) is 6.32. The summed E-state index contributed by atoms with van der Waals surface area (Å²) in [6.07, 6.45) is 5.46. The van der Waals surface area contributed by atoms with E-state index in [2.05, 4.69) is 40.3 Å². The molecular formula is C20H21N5O2. The molecular weight excluding hydrogens is 342 g/mol. The highest BCUT2D eigenvalue weighted by Crippen LogP contribution is 2.22. The third kappa shape index (κ3) is 3.17. The van der Waals surface area contributed by atoms with Gasteiger partial charge in [0.05, 0.1) is 6.20 Å². The molecule has 4 aromatic rings. The molecule has 3 aromatic heterocycles. The van der Waals surface area contributed by atoms with Crippen LogP contribution < -0.4 is 5.32 Å². The minimum Gasteiger partial charge on any atom is -0.396 e. The van der Waals surface area contributed by atoms with E-state index in [1.807, 2.05) is 12.1 Å². The number of nitrogens with one attached hydrogen (secondary N) is 2. The molecule has 7 nitrogen and oxygen atoms in total. The van der Waals surface area contributed by atoms with Crippen LogP contribution in [0.2, 0.25) is 0 Å². The highest BCUT2D eigenvalue weighted by Gasteiger charge is 2.14. The number of fused-ring (bicyclic) bond motifs is 2. The third-order valence-corrected chi connectivity index (χ3v) is 4.88. The standard InChI is InChI=1S/C20H21N5O2/c1-12-13(2)24-18-4-3-14(7-16(12)18)8-22-20(27)17-10-23-25-11-15(5-6-26)9-21-19(17)25/h3-4,7,9-11,24,26H,5-6,8H2,1-2H3,(H,22,27). The van der Waals surface area contributed by atoms with Gasteiger partial charge in [-0.25, -0.2) is 9.50 Å². The first-order chi connectivity index (χ1) is 13.1. The summed E-state index contributed by atoms with van der Waals surface area (Å²) in [6.45, 7) is 4.62. The summed E-state index contributed by atoms with van der Waals surface area (Å²) >= 11 is 0. The summed E-state index contributed by atoms with van der Waals surface area (Å²) in [5.74, 6) is -0.213. The molecule has 1 amide bonds. The number of H-pyrrole nitrogens is 1. The number of aromatic nitrogens is 4. The third-order valence-electron chi connectivity index (χ3n) is 4.88. The van der Waals surface area contributed by atoms with E-state index in [-0.39, 0.29) is 12.5 Å². The zero-order valence-corrected chi connectivity index (χ0v) is 15.3. The lowest BCUT2D eigenvalue weighted by atomic mass is 10.1. The number of nitrogens with zero attached hydrogens (tertiary/aromatic N) is 3. The van der Waals surface area contributed by atoms with Gasteiger partial charge in [-0.3, -0.25) is 4.79 Å². The lowest BCUT2D eigenvalue weighted by molar-refractivity contribution is 0.0952. The fourth-order valence-electron chi connectivity index (χ4n) is 3.23. The van der Waals surface area contributed by atoms with Gasteiger partial charge in [0.15, 0.2) is 5.65 Å². The fourth-order valence-corrected chi connectivity index (χ4v) is 3.23. The van der Waals surface area contributed by atoms with Gasteiger partial charge in [-0.05, 0) is 49.1 Å². The van der Waals surface area contributed by atoms with Gasteiger partial charge in [-0.15, -0.1) is 0 Å². The molecule has 7 heteroatoms. The number of aromatic amines is 1. The number of amides is 1. The molecule has 4 rings (SSSR count). The van der Waals surface area contributed by atoms with E-state index >= 15 is 0 Å². The number of aryl methyl sites for hydroxylation is 2. The van der Waals surface area contributed by atoms with Crippen molar-refractivity contribution in [2.45, 2.75) is 26.8 Å². The van der Waals surface area contributed by atoms with Crippen LogP contribution in [-0.2, 0) is 13.0 Å². The molecule has 0 fully saturated rings. The smallest absolute Gasteiger partial charge is 0.257 e. The first kappa shape index (κ1) is 17.2. The molecule has 0 saturated carbocycles. The van der Waals surface area contributed by atoms with Gasteiger partial charge in [-0.2, -0.15) is 5.10 Å².